The van der Waals surface area contributed by atoms with Crippen molar-refractivity contribution in [2.75, 3.05) is 17.7 Å². The number of anilines is 2. The molecule has 1 aliphatic heterocycles. The highest BCUT2D eigenvalue weighted by Gasteiger charge is 2.33. The van der Waals surface area contributed by atoms with Crippen LogP contribution in [0.25, 0.3) is 11.1 Å². The smallest absolute Gasteiger partial charge is 0.302 e. The lowest BCUT2D eigenvalue weighted by molar-refractivity contribution is -0.113. The van der Waals surface area contributed by atoms with E-state index in [0.29, 0.717) is 21.9 Å². The quantitative estimate of drug-likeness (QED) is 0.344. The van der Waals surface area contributed by atoms with Crippen molar-refractivity contribution in [2.45, 2.75) is 13.0 Å². The van der Waals surface area contributed by atoms with Crippen molar-refractivity contribution < 1.29 is 9.21 Å². The summed E-state index contributed by atoms with van der Waals surface area (Å²) in [5.74, 6) is -0.217. The van der Waals surface area contributed by atoms with Crippen molar-refractivity contribution in [1.29, 1.82) is 5.41 Å². The van der Waals surface area contributed by atoms with E-state index in [1.807, 2.05) is 18.2 Å². The monoisotopic (exact) mass is 471 g/mol. The van der Waals surface area contributed by atoms with E-state index in [1.165, 1.54) is 23.0 Å². The number of carbonyl (C=O) groups is 1. The normalized spacial score (nSPS) is 16.4. The molecule has 11 nitrogen and oxygen atoms in total. The first kappa shape index (κ1) is 21.5. The van der Waals surface area contributed by atoms with Crippen molar-refractivity contribution in [3.05, 3.63) is 52.3 Å². The maximum atomic E-state index is 13.0. The summed E-state index contributed by atoms with van der Waals surface area (Å²) in [6.45, 7) is 1.70. The molecule has 0 saturated heterocycles. The molecule has 1 amide bonds. The van der Waals surface area contributed by atoms with Gasteiger partial charge in [-0.2, -0.15) is 4.98 Å². The molecule has 0 aliphatic carbocycles. The summed E-state index contributed by atoms with van der Waals surface area (Å²) >= 11 is 7.42. The van der Waals surface area contributed by atoms with Crippen LogP contribution in [0.2, 0.25) is 0 Å². The molecule has 164 valence electrons. The third kappa shape index (κ3) is 4.45. The maximum Gasteiger partial charge on any atom is 0.302 e. The fourth-order valence-electron chi connectivity index (χ4n) is 3.00. The van der Waals surface area contributed by atoms with Gasteiger partial charge in [-0.1, -0.05) is 35.1 Å². The Morgan fingerprint density at radius 1 is 1.38 bits per heavy atom. The van der Waals surface area contributed by atoms with Crippen molar-refractivity contribution >= 4 is 62.8 Å². The molecule has 5 N–H and O–H groups in total. The summed E-state index contributed by atoms with van der Waals surface area (Å²) < 4.78 is 5.68. The number of halogens is 1. The molecular weight excluding hydrogens is 454 g/mol. The summed E-state index contributed by atoms with van der Waals surface area (Å²) in [6.07, 6.45) is 1.45. The average molecular weight is 472 g/mol. The largest absolute Gasteiger partial charge is 0.423 e. The van der Waals surface area contributed by atoms with Crippen molar-refractivity contribution in [3.63, 3.8) is 0 Å². The van der Waals surface area contributed by atoms with Crippen LogP contribution in [0.3, 0.4) is 0 Å². The third-order valence-corrected chi connectivity index (χ3v) is 5.31. The third-order valence-electron chi connectivity index (χ3n) is 4.39. The molecule has 4 rings (SSSR count). The highest BCUT2D eigenvalue weighted by Crippen LogP contribution is 2.24. The number of benzene rings is 1. The zero-order chi connectivity index (χ0) is 22.7. The fourth-order valence-corrected chi connectivity index (χ4v) is 3.65. The van der Waals surface area contributed by atoms with E-state index in [2.05, 4.69) is 41.4 Å². The lowest BCUT2D eigenvalue weighted by Gasteiger charge is -2.26. The minimum absolute atomic E-state index is 0.0684. The summed E-state index contributed by atoms with van der Waals surface area (Å²) in [5, 5.41) is 27.9. The van der Waals surface area contributed by atoms with Crippen LogP contribution in [-0.2, 0) is 4.79 Å². The molecule has 0 spiro atoms. The van der Waals surface area contributed by atoms with E-state index in [0.717, 1.165) is 0 Å². The summed E-state index contributed by atoms with van der Waals surface area (Å²) in [7, 11) is 1.66. The predicted octanol–water partition coefficient (Wildman–Crippen LogP) is 2.65. The molecule has 32 heavy (non-hydrogen) atoms. The number of nitrogens with one attached hydrogen (secondary N) is 5. The molecule has 13 heteroatoms. The lowest BCUT2D eigenvalue weighted by Crippen LogP contribution is -2.42. The van der Waals surface area contributed by atoms with Crippen LogP contribution in [0.5, 0.6) is 0 Å². The second-order valence-corrected chi connectivity index (χ2v) is 7.79. The van der Waals surface area contributed by atoms with Gasteiger partial charge in [0, 0.05) is 18.9 Å². The number of rotatable bonds is 6. The molecular formula is C19H18ClN9O2S. The Hall–Kier alpha value is -3.77. The van der Waals surface area contributed by atoms with Gasteiger partial charge >= 0.3 is 6.01 Å². The first-order valence-electron chi connectivity index (χ1n) is 9.33. The van der Waals surface area contributed by atoms with E-state index < -0.39 is 11.9 Å². The van der Waals surface area contributed by atoms with Gasteiger partial charge in [0.15, 0.2) is 5.58 Å². The summed E-state index contributed by atoms with van der Waals surface area (Å²) in [6, 6.07) is 6.54. The van der Waals surface area contributed by atoms with Gasteiger partial charge in [0.05, 0.1) is 16.3 Å². The van der Waals surface area contributed by atoms with Crippen LogP contribution in [-0.4, -0.2) is 45.8 Å². The number of hydrogen-bond donors (Lipinski definition) is 5. The van der Waals surface area contributed by atoms with Crippen LogP contribution < -0.4 is 21.3 Å². The molecule has 2 aromatic heterocycles. The molecule has 1 atom stereocenters. The Morgan fingerprint density at radius 3 is 2.91 bits per heavy atom. The summed E-state index contributed by atoms with van der Waals surface area (Å²) in [5.41, 5.74) is 3.42. The molecule has 3 aromatic rings. The average Bonchev–Trinajstić information content (AvgIpc) is 3.41. The number of aromatic nitrogens is 3. The van der Waals surface area contributed by atoms with Gasteiger partial charge in [0.25, 0.3) is 5.91 Å². The molecule has 3 heterocycles. The molecule has 0 radical (unpaired) electrons. The van der Waals surface area contributed by atoms with Gasteiger partial charge in [0.2, 0.25) is 11.1 Å². The standard InChI is InChI=1S/C19H18ClN9O2S/c1-9-13(16(30)27-19-29-23-8-32-19)15(14(21)10(20)7-22-2)26-17(24-9)28-18-25-11-5-3-4-6-12(11)31-18/h3-8,15,21-22H,1-2H3,(H,27,29,30)(H2,24,25,26,28)/b10-7+,21-14?. The molecule has 0 fully saturated rings. The van der Waals surface area contributed by atoms with E-state index in [4.69, 9.17) is 21.4 Å². The molecule has 1 aliphatic rings. The molecule has 1 unspecified atom stereocenters. The van der Waals surface area contributed by atoms with Crippen LogP contribution in [0.15, 0.2) is 61.7 Å². The van der Waals surface area contributed by atoms with Gasteiger partial charge in [-0.05, 0) is 19.1 Å². The number of nitrogens with zero attached hydrogens (tertiary/aromatic N) is 4. The number of oxazole rings is 1. The molecule has 1 aromatic carbocycles. The number of allylic oxidation sites excluding steroid dienone is 1. The van der Waals surface area contributed by atoms with Crippen molar-refractivity contribution in [1.82, 2.24) is 25.8 Å². The Bertz CT molecular complexity index is 1230. The topological polar surface area (TPSA) is 153 Å². The number of aliphatic imine (C=N–C) groups is 1. The van der Waals surface area contributed by atoms with Crippen LogP contribution in [0.4, 0.5) is 11.1 Å². The zero-order valence-electron chi connectivity index (χ0n) is 16.9. The number of hydrogen-bond acceptors (Lipinski definition) is 11. The Morgan fingerprint density at radius 2 is 2.19 bits per heavy atom. The SMILES string of the molecule is CN/C=C(/Cl)C(=N)C1N=C(Nc2nc3ccccc3o2)NC(C)=C1C(=O)Nc1nncs1. The minimum atomic E-state index is -0.992. The Kier molecular flexibility index (Phi) is 6.14. The number of para-hydroxylation sites is 2. The van der Waals surface area contributed by atoms with Crippen LogP contribution >= 0.6 is 22.9 Å². The number of amides is 1. The van der Waals surface area contributed by atoms with Gasteiger partial charge < -0.3 is 20.5 Å². The second kappa shape index (κ2) is 9.16. The van der Waals surface area contributed by atoms with E-state index >= 15 is 0 Å². The Balaban J connectivity index is 1.65. The van der Waals surface area contributed by atoms with Crippen LogP contribution in [0, 0.1) is 5.41 Å². The highest BCUT2D eigenvalue weighted by molar-refractivity contribution is 7.13. The highest BCUT2D eigenvalue weighted by atomic mass is 35.5. The van der Waals surface area contributed by atoms with Gasteiger partial charge in [-0.15, -0.1) is 10.2 Å². The van der Waals surface area contributed by atoms with Crippen LogP contribution in [0.1, 0.15) is 6.92 Å². The first-order chi connectivity index (χ1) is 15.5. The lowest BCUT2D eigenvalue weighted by atomic mass is 9.98. The van der Waals surface area contributed by atoms with Gasteiger partial charge in [-0.3, -0.25) is 15.4 Å². The summed E-state index contributed by atoms with van der Waals surface area (Å²) in [4.78, 5) is 21.8. The van der Waals surface area contributed by atoms with E-state index in [9.17, 15) is 4.79 Å². The number of carbonyl (C=O) groups excluding carboxylic acids is 1. The predicted molar refractivity (Wildman–Crippen MR) is 124 cm³/mol. The van der Waals surface area contributed by atoms with E-state index in [1.54, 1.807) is 20.0 Å². The van der Waals surface area contributed by atoms with Crippen molar-refractivity contribution in [2.24, 2.45) is 4.99 Å². The molecule has 0 saturated carbocycles. The zero-order valence-corrected chi connectivity index (χ0v) is 18.5. The van der Waals surface area contributed by atoms with Gasteiger partial charge in [-0.25, -0.2) is 4.99 Å². The maximum absolute atomic E-state index is 13.0. The number of fused-ring (bicyclic) bond motifs is 1. The minimum Gasteiger partial charge on any atom is -0.423 e. The van der Waals surface area contributed by atoms with Gasteiger partial charge in [0.1, 0.15) is 17.1 Å². The second-order valence-electron chi connectivity index (χ2n) is 6.55. The Labute approximate surface area is 191 Å². The fraction of sp³-hybridized carbons (Fsp3) is 0.158. The number of guanidine groups is 1. The van der Waals surface area contributed by atoms with Crippen molar-refractivity contribution in [3.8, 4) is 0 Å². The van der Waals surface area contributed by atoms with E-state index in [-0.39, 0.29) is 28.3 Å². The molecule has 0 bridgehead atoms. The first-order valence-corrected chi connectivity index (χ1v) is 10.6.